The van der Waals surface area contributed by atoms with Crippen LogP contribution in [0.25, 0.3) is 11.3 Å². The molecule has 0 saturated heterocycles. The molecule has 2 N–H and O–H groups in total. The third-order valence-electron chi connectivity index (χ3n) is 3.43. The largest absolute Gasteiger partial charge is 0.506 e. The Hall–Kier alpha value is -2.79. The fourth-order valence-electron chi connectivity index (χ4n) is 2.19. The molecular formula is C18H15ClN2O3. The van der Waals surface area contributed by atoms with Gasteiger partial charge in [-0.25, -0.2) is 4.98 Å². The Kier molecular flexibility index (Phi) is 4.82. The minimum absolute atomic E-state index is 0.0343. The minimum Gasteiger partial charge on any atom is -0.506 e. The van der Waals surface area contributed by atoms with Crippen LogP contribution in [0.1, 0.15) is 12.3 Å². The Labute approximate surface area is 143 Å². The number of amides is 1. The molecule has 1 heterocycles. The molecule has 3 rings (SSSR count). The molecule has 3 aromatic rings. The number of halogens is 1. The van der Waals surface area contributed by atoms with Crippen molar-refractivity contribution in [1.29, 1.82) is 0 Å². The molecular weight excluding hydrogens is 328 g/mol. The summed E-state index contributed by atoms with van der Waals surface area (Å²) in [4.78, 5) is 16.1. The predicted molar refractivity (Wildman–Crippen MR) is 92.0 cm³/mol. The van der Waals surface area contributed by atoms with Crippen LogP contribution in [0.4, 0.5) is 5.69 Å². The first-order valence-corrected chi connectivity index (χ1v) is 7.78. The highest BCUT2D eigenvalue weighted by atomic mass is 35.5. The second-order valence-electron chi connectivity index (χ2n) is 5.19. The SMILES string of the molecule is O=C(CCc1ncc(-c2ccc(Cl)cc2)o1)Nc1ccccc1O. The van der Waals surface area contributed by atoms with Gasteiger partial charge in [-0.1, -0.05) is 23.7 Å². The van der Waals surface area contributed by atoms with Crippen LogP contribution >= 0.6 is 11.6 Å². The van der Waals surface area contributed by atoms with Crippen molar-refractivity contribution in [2.45, 2.75) is 12.8 Å². The number of benzene rings is 2. The number of nitrogens with zero attached hydrogens (tertiary/aromatic N) is 1. The van der Waals surface area contributed by atoms with E-state index in [0.29, 0.717) is 28.8 Å². The first kappa shape index (κ1) is 16.1. The average molecular weight is 343 g/mol. The molecule has 2 aromatic carbocycles. The molecule has 122 valence electrons. The monoisotopic (exact) mass is 342 g/mol. The number of hydrogen-bond acceptors (Lipinski definition) is 4. The highest BCUT2D eigenvalue weighted by molar-refractivity contribution is 6.30. The zero-order valence-corrected chi connectivity index (χ0v) is 13.5. The number of rotatable bonds is 5. The van der Waals surface area contributed by atoms with Crippen molar-refractivity contribution in [2.75, 3.05) is 5.32 Å². The number of aryl methyl sites for hydroxylation is 1. The molecule has 0 radical (unpaired) electrons. The van der Waals surface area contributed by atoms with Gasteiger partial charge in [0, 0.05) is 23.4 Å². The molecule has 0 saturated carbocycles. The molecule has 1 aromatic heterocycles. The molecule has 24 heavy (non-hydrogen) atoms. The van der Waals surface area contributed by atoms with Crippen LogP contribution in [0, 0.1) is 0 Å². The number of aromatic nitrogens is 1. The van der Waals surface area contributed by atoms with Crippen LogP contribution in [-0.2, 0) is 11.2 Å². The maximum atomic E-state index is 11.9. The number of phenols is 1. The maximum absolute atomic E-state index is 11.9. The zero-order valence-electron chi connectivity index (χ0n) is 12.7. The second kappa shape index (κ2) is 7.19. The van der Waals surface area contributed by atoms with E-state index in [2.05, 4.69) is 10.3 Å². The van der Waals surface area contributed by atoms with Crippen molar-refractivity contribution in [1.82, 2.24) is 4.98 Å². The van der Waals surface area contributed by atoms with E-state index in [9.17, 15) is 9.90 Å². The summed E-state index contributed by atoms with van der Waals surface area (Å²) in [5.74, 6) is 0.921. The van der Waals surface area contributed by atoms with E-state index in [0.717, 1.165) is 5.56 Å². The van der Waals surface area contributed by atoms with E-state index >= 15 is 0 Å². The summed E-state index contributed by atoms with van der Waals surface area (Å²) in [5.41, 5.74) is 1.26. The predicted octanol–water partition coefficient (Wildman–Crippen LogP) is 4.27. The van der Waals surface area contributed by atoms with Gasteiger partial charge in [-0.2, -0.15) is 0 Å². The lowest BCUT2D eigenvalue weighted by molar-refractivity contribution is -0.116. The molecule has 6 heteroatoms. The molecule has 0 aliphatic carbocycles. The van der Waals surface area contributed by atoms with Crippen molar-refractivity contribution >= 4 is 23.2 Å². The van der Waals surface area contributed by atoms with Crippen molar-refractivity contribution in [2.24, 2.45) is 0 Å². The minimum atomic E-state index is -0.220. The van der Waals surface area contributed by atoms with E-state index in [4.69, 9.17) is 16.0 Å². The van der Waals surface area contributed by atoms with Crippen LogP contribution in [-0.4, -0.2) is 16.0 Å². The quantitative estimate of drug-likeness (QED) is 0.679. The lowest BCUT2D eigenvalue weighted by Gasteiger charge is -2.05. The molecule has 0 bridgehead atoms. The number of phenolic OH excluding ortho intramolecular Hbond substituents is 1. The lowest BCUT2D eigenvalue weighted by atomic mass is 10.2. The highest BCUT2D eigenvalue weighted by Gasteiger charge is 2.10. The van der Waals surface area contributed by atoms with Gasteiger partial charge < -0.3 is 14.8 Å². The summed E-state index contributed by atoms with van der Waals surface area (Å²) in [5, 5.41) is 12.9. The fourth-order valence-corrected chi connectivity index (χ4v) is 2.31. The van der Waals surface area contributed by atoms with Crippen molar-refractivity contribution in [3.63, 3.8) is 0 Å². The fraction of sp³-hybridized carbons (Fsp3) is 0.111. The van der Waals surface area contributed by atoms with Gasteiger partial charge in [-0.15, -0.1) is 0 Å². The van der Waals surface area contributed by atoms with Crippen LogP contribution in [0.2, 0.25) is 5.02 Å². The van der Waals surface area contributed by atoms with Crippen molar-refractivity contribution in [3.05, 3.63) is 65.6 Å². The summed E-state index contributed by atoms with van der Waals surface area (Å²) in [7, 11) is 0. The summed E-state index contributed by atoms with van der Waals surface area (Å²) in [6.45, 7) is 0. The van der Waals surface area contributed by atoms with Crippen molar-refractivity contribution < 1.29 is 14.3 Å². The Balaban J connectivity index is 1.58. The summed E-state index contributed by atoms with van der Waals surface area (Å²) in [6, 6.07) is 13.8. The number of anilines is 1. The van der Waals surface area contributed by atoms with Gasteiger partial charge in [0.2, 0.25) is 5.91 Å². The average Bonchev–Trinajstić information content (AvgIpc) is 3.05. The molecule has 1 amide bonds. The van der Waals surface area contributed by atoms with Crippen LogP contribution in [0.5, 0.6) is 5.75 Å². The third-order valence-corrected chi connectivity index (χ3v) is 3.68. The molecule has 0 aliphatic heterocycles. The number of hydrogen-bond donors (Lipinski definition) is 2. The van der Waals surface area contributed by atoms with Gasteiger partial charge in [0.1, 0.15) is 5.75 Å². The topological polar surface area (TPSA) is 75.4 Å². The number of nitrogens with one attached hydrogen (secondary N) is 1. The van der Waals surface area contributed by atoms with E-state index in [-0.39, 0.29) is 18.1 Å². The van der Waals surface area contributed by atoms with Crippen LogP contribution in [0.15, 0.2) is 59.1 Å². The van der Waals surface area contributed by atoms with Gasteiger partial charge in [0.15, 0.2) is 11.7 Å². The summed E-state index contributed by atoms with van der Waals surface area (Å²) >= 11 is 5.86. The van der Waals surface area contributed by atoms with E-state index in [1.807, 2.05) is 12.1 Å². The molecule has 5 nitrogen and oxygen atoms in total. The van der Waals surface area contributed by atoms with Gasteiger partial charge >= 0.3 is 0 Å². The first-order valence-electron chi connectivity index (χ1n) is 7.40. The van der Waals surface area contributed by atoms with Crippen molar-refractivity contribution in [3.8, 4) is 17.1 Å². The second-order valence-corrected chi connectivity index (χ2v) is 5.63. The Morgan fingerprint density at radius 2 is 1.92 bits per heavy atom. The lowest BCUT2D eigenvalue weighted by Crippen LogP contribution is -2.12. The molecule has 0 aliphatic rings. The van der Waals surface area contributed by atoms with E-state index in [1.54, 1.807) is 36.5 Å². The zero-order chi connectivity index (χ0) is 16.9. The first-order chi connectivity index (χ1) is 11.6. The number of carbonyl (C=O) groups is 1. The van der Waals surface area contributed by atoms with Gasteiger partial charge in [0.25, 0.3) is 0 Å². The highest BCUT2D eigenvalue weighted by Crippen LogP contribution is 2.24. The van der Waals surface area contributed by atoms with Gasteiger partial charge in [-0.3, -0.25) is 4.79 Å². The molecule has 0 spiro atoms. The van der Waals surface area contributed by atoms with Crippen LogP contribution < -0.4 is 5.32 Å². The Bertz CT molecular complexity index is 843. The summed E-state index contributed by atoms with van der Waals surface area (Å²) in [6.07, 6.45) is 2.20. The molecule has 0 unspecified atom stereocenters. The van der Waals surface area contributed by atoms with Gasteiger partial charge in [0.05, 0.1) is 11.9 Å². The number of aromatic hydroxyl groups is 1. The number of para-hydroxylation sites is 2. The number of oxazole rings is 1. The Morgan fingerprint density at radius 1 is 1.17 bits per heavy atom. The van der Waals surface area contributed by atoms with E-state index < -0.39 is 0 Å². The smallest absolute Gasteiger partial charge is 0.224 e. The standard InChI is InChI=1S/C18H15ClN2O3/c19-13-7-5-12(6-8-13)16-11-20-18(24-16)10-9-17(23)21-14-3-1-2-4-15(14)22/h1-8,11,22H,9-10H2,(H,21,23). The Morgan fingerprint density at radius 3 is 2.67 bits per heavy atom. The maximum Gasteiger partial charge on any atom is 0.224 e. The third kappa shape index (κ3) is 3.94. The number of carbonyl (C=O) groups excluding carboxylic acids is 1. The normalized spacial score (nSPS) is 10.5. The summed E-state index contributed by atoms with van der Waals surface area (Å²) < 4.78 is 5.65. The molecule has 0 atom stereocenters. The molecule has 0 fully saturated rings. The van der Waals surface area contributed by atoms with E-state index in [1.165, 1.54) is 6.07 Å². The van der Waals surface area contributed by atoms with Crippen LogP contribution in [0.3, 0.4) is 0 Å². The van der Waals surface area contributed by atoms with Gasteiger partial charge in [-0.05, 0) is 36.4 Å².